The molecule has 0 bridgehead atoms. The normalized spacial score (nSPS) is 14.4. The van der Waals surface area contributed by atoms with Gasteiger partial charge in [0.15, 0.2) is 19.1 Å². The van der Waals surface area contributed by atoms with Crippen LogP contribution in [0.2, 0.25) is 10.0 Å². The summed E-state index contributed by atoms with van der Waals surface area (Å²) >= 11 is 12.2. The summed E-state index contributed by atoms with van der Waals surface area (Å²) in [6, 6.07) is 4.85. The summed E-state index contributed by atoms with van der Waals surface area (Å²) in [5.41, 5.74) is -12.3. The largest absolute Gasteiger partial charge is 0.573 e. The fraction of sp³-hybridized carbons (Fsp3) is 0.406. The number of hydrogen-bond acceptors (Lipinski definition) is 9. The monoisotopic (exact) mass is 836 g/mol. The average Bonchev–Trinajstić information content (AvgIpc) is 3.68. The number of rotatable bonds is 10. The Morgan fingerprint density at radius 2 is 1.53 bits per heavy atom. The molecule has 1 fully saturated rings. The van der Waals surface area contributed by atoms with Crippen LogP contribution in [0.3, 0.4) is 0 Å². The summed E-state index contributed by atoms with van der Waals surface area (Å²) in [6.07, 6.45) is -18.4. The molecule has 1 saturated carbocycles. The molecule has 3 aromatic rings. The minimum atomic E-state index is -6.70. The van der Waals surface area contributed by atoms with Gasteiger partial charge in [0.1, 0.15) is 16.8 Å². The lowest BCUT2D eigenvalue weighted by Crippen LogP contribution is -2.50. The molecule has 0 spiro atoms. The molecule has 0 saturated heterocycles. The highest BCUT2D eigenvalue weighted by Gasteiger charge is 2.73. The Balaban J connectivity index is 1.68. The molecule has 1 aliphatic carbocycles. The van der Waals surface area contributed by atoms with E-state index in [0.29, 0.717) is 4.68 Å². The predicted octanol–water partition coefficient (Wildman–Crippen LogP) is 8.98. The number of esters is 1. The molecule has 1 amide bonds. The fourth-order valence-corrected chi connectivity index (χ4v) is 5.37. The molecule has 298 valence electrons. The van der Waals surface area contributed by atoms with E-state index in [0.717, 1.165) is 23.4 Å². The number of alkyl halides is 10. The third-order valence-corrected chi connectivity index (χ3v) is 8.13. The first-order chi connectivity index (χ1) is 25.1. The lowest BCUT2D eigenvalue weighted by Gasteiger charge is -2.31. The van der Waals surface area contributed by atoms with Crippen molar-refractivity contribution in [1.82, 2.24) is 14.7 Å². The number of benzene rings is 2. The molecule has 4 rings (SSSR count). The molecule has 0 radical (unpaired) electrons. The number of carbonyl (C=O) groups excluding carboxylic acids is 3. The first-order valence-corrected chi connectivity index (χ1v) is 15.9. The van der Waals surface area contributed by atoms with Crippen molar-refractivity contribution in [2.75, 3.05) is 13.3 Å². The number of hydrogen-bond donors (Lipinski definition) is 0. The second-order valence-electron chi connectivity index (χ2n) is 12.6. The van der Waals surface area contributed by atoms with Crippen molar-refractivity contribution in [3.05, 3.63) is 63.9 Å². The number of ether oxygens (including phenoxy) is 4. The number of carbonyl (C=O) groups is 3. The van der Waals surface area contributed by atoms with Crippen LogP contribution in [0, 0.1) is 11.3 Å². The van der Waals surface area contributed by atoms with E-state index in [2.05, 4.69) is 9.84 Å². The first kappa shape index (κ1) is 42.8. The summed E-state index contributed by atoms with van der Waals surface area (Å²) in [5, 5.41) is 12.1. The molecule has 2 aromatic carbocycles. The van der Waals surface area contributed by atoms with Crippen molar-refractivity contribution in [3.63, 3.8) is 0 Å². The molecular formula is C32H24Cl2F10N4O7. The lowest BCUT2D eigenvalue weighted by molar-refractivity contribution is -0.348. The standard InChI is InChI=1S/C32H24Cl2F10N4O7/c1-27(2,3)55-23(49)13-52-26(51)53-15-47(28(14-45)6-7-28)25(50)19-8-16(4-5-20(19)33)17-11-46-48(12-17)24-21(34)9-18(10-22(24)54-32(42,43)44)29(35,30(36,37)38)31(39,40)41/h4-5,8-12H,6-7,13,15H2,1-3H3. The Hall–Kier alpha value is -4.97. The smallest absolute Gasteiger partial charge is 0.457 e. The average molecular weight is 837 g/mol. The van der Waals surface area contributed by atoms with E-state index < -0.39 is 95.0 Å². The van der Waals surface area contributed by atoms with Crippen LogP contribution in [-0.2, 0) is 24.7 Å². The van der Waals surface area contributed by atoms with E-state index in [9.17, 15) is 63.5 Å². The zero-order valence-electron chi connectivity index (χ0n) is 28.1. The highest BCUT2D eigenvalue weighted by atomic mass is 35.5. The van der Waals surface area contributed by atoms with E-state index in [1.807, 2.05) is 6.07 Å². The van der Waals surface area contributed by atoms with Gasteiger partial charge in [-0.2, -0.15) is 36.7 Å². The summed E-state index contributed by atoms with van der Waals surface area (Å²) in [6.45, 7) is 3.00. The van der Waals surface area contributed by atoms with Crippen LogP contribution in [0.25, 0.3) is 16.8 Å². The minimum Gasteiger partial charge on any atom is -0.457 e. The van der Waals surface area contributed by atoms with Gasteiger partial charge in [0.25, 0.3) is 5.91 Å². The zero-order chi connectivity index (χ0) is 41.5. The van der Waals surface area contributed by atoms with Crippen molar-refractivity contribution in [1.29, 1.82) is 5.26 Å². The van der Waals surface area contributed by atoms with Crippen molar-refractivity contribution in [2.45, 2.75) is 69.1 Å². The fourth-order valence-electron chi connectivity index (χ4n) is 4.88. The van der Waals surface area contributed by atoms with E-state index >= 15 is 0 Å². The molecule has 0 N–H and O–H groups in total. The van der Waals surface area contributed by atoms with E-state index in [-0.39, 0.29) is 40.6 Å². The Morgan fingerprint density at radius 3 is 2.05 bits per heavy atom. The van der Waals surface area contributed by atoms with Crippen molar-refractivity contribution < 1.29 is 77.2 Å². The van der Waals surface area contributed by atoms with Gasteiger partial charge in [-0.05, 0) is 63.4 Å². The minimum absolute atomic E-state index is 0.0291. The molecule has 0 unspecified atom stereocenters. The van der Waals surface area contributed by atoms with Crippen molar-refractivity contribution >= 4 is 41.2 Å². The molecule has 1 aromatic heterocycles. The van der Waals surface area contributed by atoms with Crippen LogP contribution < -0.4 is 4.74 Å². The highest BCUT2D eigenvalue weighted by Crippen LogP contribution is 2.55. The molecule has 55 heavy (non-hydrogen) atoms. The molecule has 11 nitrogen and oxygen atoms in total. The SMILES string of the molecule is CC(C)(C)OC(=O)COC(=O)OCN(C(=O)c1cc(-c2cnn(-c3c(Cl)cc(C(F)(C(F)(F)F)C(F)(F)F)cc3OC(F)(F)F)c2)ccc1Cl)C1(C#N)CC1. The van der Waals surface area contributed by atoms with Gasteiger partial charge >= 0.3 is 36.5 Å². The van der Waals surface area contributed by atoms with Crippen LogP contribution in [0.1, 0.15) is 49.5 Å². The van der Waals surface area contributed by atoms with Crippen LogP contribution in [0.4, 0.5) is 48.7 Å². The van der Waals surface area contributed by atoms with Gasteiger partial charge in [0, 0.05) is 17.3 Å². The quantitative estimate of drug-likeness (QED) is 0.112. The van der Waals surface area contributed by atoms with Crippen molar-refractivity contribution in [3.8, 4) is 28.6 Å². The molecular weight excluding hydrogens is 813 g/mol. The second kappa shape index (κ2) is 14.9. The number of amides is 1. The molecule has 23 heteroatoms. The predicted molar refractivity (Wildman–Crippen MR) is 167 cm³/mol. The summed E-state index contributed by atoms with van der Waals surface area (Å²) in [5.74, 6) is -3.67. The number of aromatic nitrogens is 2. The number of nitriles is 1. The van der Waals surface area contributed by atoms with Gasteiger partial charge < -0.3 is 18.9 Å². The summed E-state index contributed by atoms with van der Waals surface area (Å²) in [4.78, 5) is 38.7. The Bertz CT molecular complexity index is 2000. The van der Waals surface area contributed by atoms with E-state index in [1.165, 1.54) is 12.1 Å². The maximum atomic E-state index is 14.8. The van der Waals surface area contributed by atoms with Gasteiger partial charge in [0.05, 0.1) is 27.9 Å². The Kier molecular flexibility index (Phi) is 11.6. The van der Waals surface area contributed by atoms with Crippen molar-refractivity contribution in [2.24, 2.45) is 0 Å². The number of halogens is 12. The number of nitrogens with zero attached hydrogens (tertiary/aromatic N) is 4. The van der Waals surface area contributed by atoms with E-state index in [1.54, 1.807) is 20.8 Å². The van der Waals surface area contributed by atoms with Gasteiger partial charge in [-0.25, -0.2) is 18.7 Å². The van der Waals surface area contributed by atoms with Crippen LogP contribution in [-0.4, -0.2) is 75.9 Å². The topological polar surface area (TPSA) is 133 Å². The molecule has 1 heterocycles. The maximum Gasteiger partial charge on any atom is 0.573 e. The van der Waals surface area contributed by atoms with E-state index in [4.69, 9.17) is 37.4 Å². The summed E-state index contributed by atoms with van der Waals surface area (Å²) in [7, 11) is 0. The van der Waals surface area contributed by atoms with Crippen LogP contribution >= 0.6 is 23.2 Å². The van der Waals surface area contributed by atoms with Crippen LogP contribution in [0.5, 0.6) is 5.75 Å². The second-order valence-corrected chi connectivity index (χ2v) is 13.5. The van der Waals surface area contributed by atoms with Gasteiger partial charge in [-0.1, -0.05) is 29.3 Å². The Labute approximate surface area is 313 Å². The Morgan fingerprint density at radius 1 is 0.909 bits per heavy atom. The zero-order valence-corrected chi connectivity index (χ0v) is 29.6. The third kappa shape index (κ3) is 9.47. The lowest BCUT2D eigenvalue weighted by atomic mass is 9.93. The molecule has 0 atom stereocenters. The van der Waals surface area contributed by atoms with Gasteiger partial charge in [-0.3, -0.25) is 9.69 Å². The molecule has 0 aliphatic heterocycles. The van der Waals surface area contributed by atoms with Gasteiger partial charge in [-0.15, -0.1) is 13.2 Å². The van der Waals surface area contributed by atoms with Gasteiger partial charge in [0.2, 0.25) is 0 Å². The molecule has 1 aliphatic rings. The summed E-state index contributed by atoms with van der Waals surface area (Å²) < 4.78 is 154. The van der Waals surface area contributed by atoms with Crippen LogP contribution in [0.15, 0.2) is 42.7 Å². The first-order valence-electron chi connectivity index (χ1n) is 15.1. The maximum absolute atomic E-state index is 14.8. The third-order valence-electron chi connectivity index (χ3n) is 7.51. The highest BCUT2D eigenvalue weighted by molar-refractivity contribution is 6.34.